The van der Waals surface area contributed by atoms with Gasteiger partial charge < -0.3 is 9.47 Å². The maximum Gasteiger partial charge on any atom is 0.435 e. The van der Waals surface area contributed by atoms with Crippen molar-refractivity contribution in [3.8, 4) is 0 Å². The molecule has 0 bridgehead atoms. The number of carbonyl (C=O) groups excluding carboxylic acids is 3. The minimum Gasteiger partial charge on any atom is -0.332 e. The molecule has 0 aliphatic carbocycles. The SMILES string of the molecule is COC(C)[N+]1(C(C)OC)C(=O)CC(=O)NC1=O. The van der Waals surface area contributed by atoms with Crippen molar-refractivity contribution in [2.24, 2.45) is 0 Å². The second-order valence-electron chi connectivity index (χ2n) is 3.87. The van der Waals surface area contributed by atoms with E-state index in [4.69, 9.17) is 9.47 Å². The lowest BCUT2D eigenvalue weighted by Gasteiger charge is -2.41. The van der Waals surface area contributed by atoms with E-state index in [1.165, 1.54) is 14.2 Å². The molecule has 1 saturated heterocycles. The van der Waals surface area contributed by atoms with Crippen LogP contribution in [0.25, 0.3) is 0 Å². The first kappa shape index (κ1) is 13.8. The fraction of sp³-hybridized carbons (Fsp3) is 0.700. The summed E-state index contributed by atoms with van der Waals surface area (Å²) < 4.78 is 9.50. The van der Waals surface area contributed by atoms with Crippen LogP contribution >= 0.6 is 0 Å². The Bertz CT molecular complexity index is 323. The molecule has 0 aromatic heterocycles. The first-order valence-electron chi connectivity index (χ1n) is 5.23. The number of ether oxygens (including phenoxy) is 2. The van der Waals surface area contributed by atoms with Gasteiger partial charge in [0, 0.05) is 28.1 Å². The number of nitrogens with one attached hydrogen (secondary N) is 1. The first-order valence-corrected chi connectivity index (χ1v) is 5.23. The van der Waals surface area contributed by atoms with Gasteiger partial charge in [-0.2, -0.15) is 0 Å². The number of amides is 4. The Hall–Kier alpha value is -1.31. The molecule has 1 aliphatic rings. The third-order valence-electron chi connectivity index (χ3n) is 3.14. The standard InChI is InChI=1S/C10H16N2O5/c1-6(16-3)12(7(2)17-4)9(14)5-8(13)11-10(12)15/h6-7H,5H2,1-4H3/p+1. The molecule has 7 heteroatoms. The fourth-order valence-corrected chi connectivity index (χ4v) is 2.00. The molecule has 1 heterocycles. The number of hydrogen-bond acceptors (Lipinski definition) is 5. The molecule has 1 aliphatic heterocycles. The van der Waals surface area contributed by atoms with Gasteiger partial charge in [0.2, 0.25) is 18.4 Å². The first-order chi connectivity index (χ1) is 7.91. The summed E-state index contributed by atoms with van der Waals surface area (Å²) in [6.07, 6.45) is -1.82. The zero-order valence-corrected chi connectivity index (χ0v) is 10.4. The summed E-state index contributed by atoms with van der Waals surface area (Å²) >= 11 is 0. The second-order valence-corrected chi connectivity index (χ2v) is 3.87. The van der Waals surface area contributed by atoms with E-state index in [9.17, 15) is 14.4 Å². The molecule has 1 fully saturated rings. The molecule has 0 saturated carbocycles. The summed E-state index contributed by atoms with van der Waals surface area (Å²) in [5, 5.41) is 2.14. The molecule has 2 atom stereocenters. The van der Waals surface area contributed by atoms with E-state index in [1.807, 2.05) is 0 Å². The molecule has 0 aromatic rings. The fourth-order valence-electron chi connectivity index (χ4n) is 2.00. The largest absolute Gasteiger partial charge is 0.435 e. The molecule has 1 N–H and O–H groups in total. The number of carbonyl (C=O) groups is 3. The molecule has 7 nitrogen and oxygen atoms in total. The van der Waals surface area contributed by atoms with Crippen LogP contribution < -0.4 is 5.32 Å². The Balaban J connectivity index is 3.25. The van der Waals surface area contributed by atoms with Crippen LogP contribution in [0.4, 0.5) is 4.79 Å². The van der Waals surface area contributed by atoms with Crippen molar-refractivity contribution in [1.29, 1.82) is 0 Å². The van der Waals surface area contributed by atoms with E-state index in [2.05, 4.69) is 5.32 Å². The van der Waals surface area contributed by atoms with Crippen molar-refractivity contribution in [1.82, 2.24) is 5.32 Å². The molecule has 1 rings (SSSR count). The summed E-state index contributed by atoms with van der Waals surface area (Å²) in [5.74, 6) is -1.12. The molecule has 17 heavy (non-hydrogen) atoms. The molecule has 0 radical (unpaired) electrons. The van der Waals surface area contributed by atoms with Crippen LogP contribution in [-0.4, -0.2) is 49.0 Å². The average Bonchev–Trinajstić information content (AvgIpc) is 2.27. The summed E-state index contributed by atoms with van der Waals surface area (Å²) in [5.41, 5.74) is 0. The van der Waals surface area contributed by atoms with E-state index in [-0.39, 0.29) is 6.42 Å². The third-order valence-corrected chi connectivity index (χ3v) is 3.14. The lowest BCUT2D eigenvalue weighted by atomic mass is 10.2. The summed E-state index contributed by atoms with van der Waals surface area (Å²) in [6.45, 7) is 3.17. The highest BCUT2D eigenvalue weighted by molar-refractivity contribution is 6.08. The normalized spacial score (nSPS) is 28.8. The summed E-state index contributed by atoms with van der Waals surface area (Å²) in [7, 11) is 2.79. The number of quaternary nitrogens is 1. The Morgan fingerprint density at radius 1 is 1.12 bits per heavy atom. The molecule has 2 unspecified atom stereocenters. The highest BCUT2D eigenvalue weighted by Crippen LogP contribution is 2.26. The van der Waals surface area contributed by atoms with Crippen LogP contribution in [0.5, 0.6) is 0 Å². The smallest absolute Gasteiger partial charge is 0.332 e. The van der Waals surface area contributed by atoms with Crippen LogP contribution in [0.1, 0.15) is 20.3 Å². The van der Waals surface area contributed by atoms with Gasteiger partial charge in [-0.1, -0.05) is 0 Å². The Morgan fingerprint density at radius 2 is 1.59 bits per heavy atom. The van der Waals surface area contributed by atoms with Crippen LogP contribution in [0.15, 0.2) is 0 Å². The van der Waals surface area contributed by atoms with Crippen molar-refractivity contribution in [3.63, 3.8) is 0 Å². The number of methoxy groups -OCH3 is 2. The number of hydrogen-bond donors (Lipinski definition) is 1. The maximum atomic E-state index is 12.1. The number of rotatable bonds is 4. The quantitative estimate of drug-likeness (QED) is 0.555. The van der Waals surface area contributed by atoms with Crippen LogP contribution in [0.2, 0.25) is 0 Å². The number of urea groups is 1. The van der Waals surface area contributed by atoms with E-state index in [1.54, 1.807) is 13.8 Å². The zero-order valence-electron chi connectivity index (χ0n) is 10.4. The van der Waals surface area contributed by atoms with Gasteiger partial charge in [-0.15, -0.1) is 4.48 Å². The topological polar surface area (TPSA) is 81.7 Å². The van der Waals surface area contributed by atoms with Crippen LogP contribution in [0.3, 0.4) is 0 Å². The predicted molar refractivity (Wildman–Crippen MR) is 56.4 cm³/mol. The highest BCUT2D eigenvalue weighted by Gasteiger charge is 2.58. The van der Waals surface area contributed by atoms with E-state index in [0.717, 1.165) is 0 Å². The molecule has 96 valence electrons. The Labute approximate surface area is 99.2 Å². The second kappa shape index (κ2) is 4.91. The lowest BCUT2D eigenvalue weighted by Crippen LogP contribution is -2.73. The van der Waals surface area contributed by atoms with Gasteiger partial charge >= 0.3 is 11.9 Å². The highest BCUT2D eigenvalue weighted by atomic mass is 16.5. The third kappa shape index (κ3) is 1.97. The average molecular weight is 245 g/mol. The maximum absolute atomic E-state index is 12.1. The van der Waals surface area contributed by atoms with Gasteiger partial charge in [0.05, 0.1) is 0 Å². The Kier molecular flexibility index (Phi) is 3.97. The van der Waals surface area contributed by atoms with E-state index in [0.29, 0.717) is 0 Å². The summed E-state index contributed by atoms with van der Waals surface area (Å²) in [6, 6.07) is -0.713. The number of barbiturate groups is 1. The summed E-state index contributed by atoms with van der Waals surface area (Å²) in [4.78, 5) is 35.2. The van der Waals surface area contributed by atoms with E-state index < -0.39 is 34.8 Å². The van der Waals surface area contributed by atoms with Crippen molar-refractivity contribution >= 4 is 17.8 Å². The monoisotopic (exact) mass is 245 g/mol. The minimum absolute atomic E-state index is 0.354. The van der Waals surface area contributed by atoms with Gasteiger partial charge in [-0.05, 0) is 0 Å². The zero-order chi connectivity index (χ0) is 13.2. The molecule has 0 spiro atoms. The predicted octanol–water partition coefficient (Wildman–Crippen LogP) is -0.0455. The Morgan fingerprint density at radius 3 is 1.94 bits per heavy atom. The molecular formula is C10H17N2O5+. The van der Waals surface area contributed by atoms with E-state index >= 15 is 0 Å². The van der Waals surface area contributed by atoms with Crippen molar-refractivity contribution in [2.45, 2.75) is 32.7 Å². The van der Waals surface area contributed by atoms with Gasteiger partial charge in [0.1, 0.15) is 6.42 Å². The van der Waals surface area contributed by atoms with Crippen molar-refractivity contribution in [2.75, 3.05) is 14.2 Å². The lowest BCUT2D eigenvalue weighted by molar-refractivity contribution is -0.872. The minimum atomic E-state index is -0.731. The van der Waals surface area contributed by atoms with Crippen molar-refractivity contribution in [3.05, 3.63) is 0 Å². The van der Waals surface area contributed by atoms with Gasteiger partial charge in [0.15, 0.2) is 0 Å². The molecule has 0 aromatic carbocycles. The molecule has 4 amide bonds. The number of imide groups is 2. The van der Waals surface area contributed by atoms with Gasteiger partial charge in [0.25, 0.3) is 0 Å². The van der Waals surface area contributed by atoms with Crippen molar-refractivity contribution < 1.29 is 28.3 Å². The molecular weight excluding hydrogens is 228 g/mol. The van der Waals surface area contributed by atoms with Gasteiger partial charge in [-0.3, -0.25) is 4.79 Å². The van der Waals surface area contributed by atoms with Gasteiger partial charge in [-0.25, -0.2) is 14.9 Å². The number of nitrogens with zero attached hydrogens (tertiary/aromatic N) is 1. The van der Waals surface area contributed by atoms with Crippen LogP contribution in [-0.2, 0) is 19.1 Å². The van der Waals surface area contributed by atoms with Crippen LogP contribution in [0, 0.1) is 0 Å².